The lowest BCUT2D eigenvalue weighted by atomic mass is 10.2. The van der Waals surface area contributed by atoms with Gasteiger partial charge >= 0.3 is 5.97 Å². The van der Waals surface area contributed by atoms with Gasteiger partial charge < -0.3 is 14.0 Å². The number of methoxy groups -OCH3 is 1. The number of rotatable bonds is 8. The Morgan fingerprint density at radius 3 is 2.57 bits per heavy atom. The van der Waals surface area contributed by atoms with E-state index in [1.807, 2.05) is 11.6 Å². The topological polar surface area (TPSA) is 123 Å². The van der Waals surface area contributed by atoms with Gasteiger partial charge in [-0.2, -0.15) is 5.26 Å². The number of imidazole rings is 1. The first kappa shape index (κ1) is 23.4. The van der Waals surface area contributed by atoms with Gasteiger partial charge in [0.15, 0.2) is 5.65 Å². The molecule has 1 aromatic carbocycles. The number of ether oxygens (including phenoxy) is 2. The number of carbonyl (C=O) groups is 2. The molecular formula is C25H22N6O4. The fourth-order valence-corrected chi connectivity index (χ4v) is 3.42. The van der Waals surface area contributed by atoms with Gasteiger partial charge in [0.05, 0.1) is 30.7 Å². The summed E-state index contributed by atoms with van der Waals surface area (Å²) in [4.78, 5) is 39.7. The Morgan fingerprint density at radius 2 is 1.89 bits per heavy atom. The molecule has 35 heavy (non-hydrogen) atoms. The van der Waals surface area contributed by atoms with Gasteiger partial charge in [0.2, 0.25) is 0 Å². The molecule has 0 saturated heterocycles. The number of esters is 1. The molecule has 0 aliphatic heterocycles. The SMILES string of the molecule is COC(=O)CCN(C(=O)c1ccc2c(n1)nc(COc1ccc(C#N)cc1)n2C)c1ccccn1. The molecule has 0 unspecified atom stereocenters. The Labute approximate surface area is 201 Å². The van der Waals surface area contributed by atoms with Crippen LogP contribution in [0.25, 0.3) is 11.2 Å². The van der Waals surface area contributed by atoms with Crippen LogP contribution in [0.4, 0.5) is 5.82 Å². The molecule has 1 amide bonds. The zero-order chi connectivity index (χ0) is 24.8. The first-order valence-electron chi connectivity index (χ1n) is 10.7. The number of aromatic nitrogens is 4. The summed E-state index contributed by atoms with van der Waals surface area (Å²) in [6.07, 6.45) is 1.59. The maximum atomic E-state index is 13.3. The molecule has 0 N–H and O–H groups in total. The van der Waals surface area contributed by atoms with Crippen LogP contribution in [0.15, 0.2) is 60.8 Å². The van der Waals surface area contributed by atoms with Crippen molar-refractivity contribution in [3.8, 4) is 11.8 Å². The molecule has 4 rings (SSSR count). The maximum Gasteiger partial charge on any atom is 0.307 e. The van der Waals surface area contributed by atoms with E-state index in [0.717, 1.165) is 5.52 Å². The van der Waals surface area contributed by atoms with Gasteiger partial charge in [-0.1, -0.05) is 6.07 Å². The number of benzene rings is 1. The Bertz CT molecular complexity index is 1390. The van der Waals surface area contributed by atoms with Crippen LogP contribution in [0.3, 0.4) is 0 Å². The van der Waals surface area contributed by atoms with Gasteiger partial charge in [-0.15, -0.1) is 0 Å². The summed E-state index contributed by atoms with van der Waals surface area (Å²) in [5.74, 6) is 0.792. The van der Waals surface area contributed by atoms with Crippen molar-refractivity contribution in [3.05, 3.63) is 77.9 Å². The van der Waals surface area contributed by atoms with Crippen molar-refractivity contribution in [3.63, 3.8) is 0 Å². The average molecular weight is 470 g/mol. The molecule has 0 aliphatic rings. The van der Waals surface area contributed by atoms with Crippen molar-refractivity contribution in [1.82, 2.24) is 19.5 Å². The minimum atomic E-state index is -0.432. The third kappa shape index (κ3) is 5.25. The number of hydrogen-bond donors (Lipinski definition) is 0. The van der Waals surface area contributed by atoms with E-state index in [-0.39, 0.29) is 25.3 Å². The molecule has 3 heterocycles. The monoisotopic (exact) mass is 470 g/mol. The highest BCUT2D eigenvalue weighted by Gasteiger charge is 2.22. The van der Waals surface area contributed by atoms with Crippen LogP contribution in [0, 0.1) is 11.3 Å². The van der Waals surface area contributed by atoms with Crippen molar-refractivity contribution in [2.24, 2.45) is 7.05 Å². The summed E-state index contributed by atoms with van der Waals surface area (Å²) in [5.41, 5.74) is 1.85. The Balaban J connectivity index is 1.57. The Morgan fingerprint density at radius 1 is 1.09 bits per heavy atom. The molecule has 3 aromatic heterocycles. The van der Waals surface area contributed by atoms with Crippen molar-refractivity contribution < 1.29 is 19.1 Å². The van der Waals surface area contributed by atoms with Crippen LogP contribution in [0.5, 0.6) is 5.75 Å². The van der Waals surface area contributed by atoms with Crippen molar-refractivity contribution in [2.75, 3.05) is 18.6 Å². The molecule has 0 atom stereocenters. The number of carbonyl (C=O) groups excluding carboxylic acids is 2. The van der Waals surface area contributed by atoms with Gasteiger partial charge in [0.25, 0.3) is 5.91 Å². The predicted molar refractivity (Wildman–Crippen MR) is 127 cm³/mol. The molecule has 0 saturated carbocycles. The largest absolute Gasteiger partial charge is 0.486 e. The lowest BCUT2D eigenvalue weighted by Crippen LogP contribution is -2.34. The number of aryl methyl sites for hydroxylation is 1. The molecule has 0 fully saturated rings. The summed E-state index contributed by atoms with van der Waals surface area (Å²) >= 11 is 0. The van der Waals surface area contributed by atoms with Gasteiger partial charge in [-0.25, -0.2) is 15.0 Å². The highest BCUT2D eigenvalue weighted by Crippen LogP contribution is 2.19. The minimum Gasteiger partial charge on any atom is -0.486 e. The van der Waals surface area contributed by atoms with Crippen LogP contribution < -0.4 is 9.64 Å². The predicted octanol–water partition coefficient (Wildman–Crippen LogP) is 3.02. The van der Waals surface area contributed by atoms with E-state index >= 15 is 0 Å². The van der Waals surface area contributed by atoms with Gasteiger partial charge in [0, 0.05) is 19.8 Å². The van der Waals surface area contributed by atoms with Crippen molar-refractivity contribution in [1.29, 1.82) is 5.26 Å². The standard InChI is InChI=1S/C25H22N6O4/c1-30-20-11-10-19(25(33)31(14-12-23(32)34-2)21-5-3-4-13-27-21)28-24(20)29-22(30)16-35-18-8-6-17(15-26)7-9-18/h3-11,13H,12,14,16H2,1-2H3. The third-order valence-corrected chi connectivity index (χ3v) is 5.35. The second-order valence-corrected chi connectivity index (χ2v) is 7.52. The second-order valence-electron chi connectivity index (χ2n) is 7.52. The van der Waals surface area contributed by atoms with E-state index in [9.17, 15) is 9.59 Å². The van der Waals surface area contributed by atoms with E-state index in [2.05, 4.69) is 21.0 Å². The van der Waals surface area contributed by atoms with Crippen molar-refractivity contribution in [2.45, 2.75) is 13.0 Å². The summed E-state index contributed by atoms with van der Waals surface area (Å²) in [7, 11) is 3.14. The fourth-order valence-electron chi connectivity index (χ4n) is 3.42. The second kappa shape index (κ2) is 10.4. The van der Waals surface area contributed by atoms with Gasteiger partial charge in [0.1, 0.15) is 29.7 Å². The molecule has 10 heteroatoms. The van der Waals surface area contributed by atoms with Crippen molar-refractivity contribution >= 4 is 28.9 Å². The van der Waals surface area contributed by atoms with E-state index in [0.29, 0.717) is 28.6 Å². The van der Waals surface area contributed by atoms with E-state index in [1.54, 1.807) is 60.8 Å². The number of hydrogen-bond acceptors (Lipinski definition) is 8. The highest BCUT2D eigenvalue weighted by atomic mass is 16.5. The quantitative estimate of drug-likeness (QED) is 0.360. The first-order valence-corrected chi connectivity index (χ1v) is 10.7. The van der Waals surface area contributed by atoms with Gasteiger partial charge in [-0.3, -0.25) is 14.5 Å². The fraction of sp³-hybridized carbons (Fsp3) is 0.200. The summed E-state index contributed by atoms with van der Waals surface area (Å²) in [6, 6.07) is 17.4. The Hall–Kier alpha value is -4.78. The van der Waals surface area contributed by atoms with Crippen LogP contribution >= 0.6 is 0 Å². The summed E-state index contributed by atoms with van der Waals surface area (Å²) in [6.45, 7) is 0.273. The number of nitriles is 1. The molecule has 0 spiro atoms. The molecule has 0 aliphatic carbocycles. The molecule has 4 aromatic rings. The van der Waals surface area contributed by atoms with Crippen LogP contribution in [0.2, 0.25) is 0 Å². The number of amides is 1. The number of anilines is 1. The molecule has 10 nitrogen and oxygen atoms in total. The van der Waals surface area contributed by atoms with Crippen LogP contribution in [-0.2, 0) is 23.2 Å². The van der Waals surface area contributed by atoms with E-state index in [4.69, 9.17) is 14.7 Å². The third-order valence-electron chi connectivity index (χ3n) is 5.35. The van der Waals surface area contributed by atoms with E-state index in [1.165, 1.54) is 12.0 Å². The lowest BCUT2D eigenvalue weighted by molar-refractivity contribution is -0.140. The highest BCUT2D eigenvalue weighted by molar-refractivity contribution is 6.05. The normalized spacial score (nSPS) is 10.5. The first-order chi connectivity index (χ1) is 17.0. The molecule has 0 radical (unpaired) electrons. The Kier molecular flexibility index (Phi) is 6.97. The molecular weight excluding hydrogens is 448 g/mol. The smallest absolute Gasteiger partial charge is 0.307 e. The zero-order valence-corrected chi connectivity index (χ0v) is 19.2. The number of pyridine rings is 2. The zero-order valence-electron chi connectivity index (χ0n) is 19.2. The van der Waals surface area contributed by atoms with E-state index < -0.39 is 11.9 Å². The number of fused-ring (bicyclic) bond motifs is 1. The van der Waals surface area contributed by atoms with Gasteiger partial charge in [-0.05, 0) is 48.5 Å². The maximum absolute atomic E-state index is 13.3. The minimum absolute atomic E-state index is 0.0154. The summed E-state index contributed by atoms with van der Waals surface area (Å²) < 4.78 is 12.3. The molecule has 176 valence electrons. The lowest BCUT2D eigenvalue weighted by Gasteiger charge is -2.20. The molecule has 0 bridgehead atoms. The van der Waals surface area contributed by atoms with Crippen LogP contribution in [-0.4, -0.2) is 45.1 Å². The average Bonchev–Trinajstić information content (AvgIpc) is 3.22. The summed E-state index contributed by atoms with van der Waals surface area (Å²) in [5, 5.41) is 8.92. The van der Waals surface area contributed by atoms with Crippen LogP contribution in [0.1, 0.15) is 28.3 Å². The number of nitrogens with zero attached hydrogens (tertiary/aromatic N) is 6.